The maximum atomic E-state index is 11.4. The van der Waals surface area contributed by atoms with Gasteiger partial charge in [-0.2, -0.15) is 0 Å². The number of benzene rings is 2. The van der Waals surface area contributed by atoms with Crippen molar-refractivity contribution in [1.82, 2.24) is 0 Å². The Kier molecular flexibility index (Phi) is 5.85. The van der Waals surface area contributed by atoms with Gasteiger partial charge in [0.2, 0.25) is 5.91 Å². The SMILES string of the molecule is COc1cc(CCC(C)(C)C(N)=O)ccc1OCc1ccccc1. The Hall–Kier alpha value is -2.49. The molecule has 4 nitrogen and oxygen atoms in total. The minimum absolute atomic E-state index is 0.280. The van der Waals surface area contributed by atoms with E-state index >= 15 is 0 Å². The van der Waals surface area contributed by atoms with Crippen LogP contribution < -0.4 is 15.2 Å². The summed E-state index contributed by atoms with van der Waals surface area (Å²) in [5, 5.41) is 0. The standard InChI is InChI=1S/C20H25NO3/c1-20(2,19(21)22)12-11-15-9-10-17(18(13-15)23-3)24-14-16-7-5-4-6-8-16/h4-10,13H,11-12,14H2,1-3H3,(H2,21,22). The Balaban J connectivity index is 2.03. The highest BCUT2D eigenvalue weighted by Gasteiger charge is 2.24. The number of carbonyl (C=O) groups is 1. The van der Waals surface area contributed by atoms with Crippen LogP contribution in [0, 0.1) is 5.41 Å². The molecule has 2 aromatic rings. The zero-order valence-corrected chi connectivity index (χ0v) is 14.5. The number of aryl methyl sites for hydroxylation is 1. The lowest BCUT2D eigenvalue weighted by atomic mass is 9.85. The third kappa shape index (κ3) is 4.75. The van der Waals surface area contributed by atoms with E-state index in [9.17, 15) is 4.79 Å². The molecule has 0 radical (unpaired) electrons. The molecule has 0 bridgehead atoms. The number of rotatable bonds is 8. The van der Waals surface area contributed by atoms with Gasteiger partial charge >= 0.3 is 0 Å². The quantitative estimate of drug-likeness (QED) is 0.804. The highest BCUT2D eigenvalue weighted by atomic mass is 16.5. The number of hydrogen-bond acceptors (Lipinski definition) is 3. The molecule has 0 fully saturated rings. The molecule has 0 aromatic heterocycles. The van der Waals surface area contributed by atoms with Crippen molar-refractivity contribution in [1.29, 1.82) is 0 Å². The molecule has 0 spiro atoms. The zero-order valence-electron chi connectivity index (χ0n) is 14.5. The van der Waals surface area contributed by atoms with Gasteiger partial charge < -0.3 is 15.2 Å². The number of carbonyl (C=O) groups excluding carboxylic acids is 1. The van der Waals surface area contributed by atoms with Gasteiger partial charge in [-0.15, -0.1) is 0 Å². The summed E-state index contributed by atoms with van der Waals surface area (Å²) in [7, 11) is 1.63. The molecule has 24 heavy (non-hydrogen) atoms. The third-order valence-electron chi connectivity index (χ3n) is 4.17. The van der Waals surface area contributed by atoms with Crippen LogP contribution in [0.1, 0.15) is 31.4 Å². The van der Waals surface area contributed by atoms with Crippen molar-refractivity contribution in [3.8, 4) is 11.5 Å². The summed E-state index contributed by atoms with van der Waals surface area (Å²) in [5.41, 5.74) is 7.10. The molecule has 0 aliphatic rings. The smallest absolute Gasteiger partial charge is 0.223 e. The normalized spacial score (nSPS) is 11.1. The van der Waals surface area contributed by atoms with Crippen LogP contribution in [0.15, 0.2) is 48.5 Å². The Morgan fingerprint density at radius 1 is 1.04 bits per heavy atom. The molecule has 0 aliphatic heterocycles. The monoisotopic (exact) mass is 327 g/mol. The largest absolute Gasteiger partial charge is 0.493 e. The molecule has 0 aliphatic carbocycles. The van der Waals surface area contributed by atoms with E-state index in [1.165, 1.54) is 0 Å². The predicted octanol–water partition coefficient (Wildman–Crippen LogP) is 3.72. The lowest BCUT2D eigenvalue weighted by Gasteiger charge is -2.20. The predicted molar refractivity (Wildman–Crippen MR) is 95.1 cm³/mol. The number of ether oxygens (including phenoxy) is 2. The average molecular weight is 327 g/mol. The average Bonchev–Trinajstić information content (AvgIpc) is 2.59. The van der Waals surface area contributed by atoms with E-state index in [2.05, 4.69) is 0 Å². The van der Waals surface area contributed by atoms with Gasteiger partial charge in [0.15, 0.2) is 11.5 Å². The summed E-state index contributed by atoms with van der Waals surface area (Å²) in [4.78, 5) is 11.4. The van der Waals surface area contributed by atoms with E-state index in [0.29, 0.717) is 24.5 Å². The van der Waals surface area contributed by atoms with Crippen LogP contribution in [0.25, 0.3) is 0 Å². The van der Waals surface area contributed by atoms with Gasteiger partial charge in [-0.1, -0.05) is 50.2 Å². The first-order chi connectivity index (χ1) is 11.4. The first-order valence-electron chi connectivity index (χ1n) is 8.06. The van der Waals surface area contributed by atoms with Crippen LogP contribution in [0.3, 0.4) is 0 Å². The van der Waals surface area contributed by atoms with Gasteiger partial charge in [0, 0.05) is 5.41 Å². The first-order valence-corrected chi connectivity index (χ1v) is 8.06. The molecule has 2 rings (SSSR count). The lowest BCUT2D eigenvalue weighted by molar-refractivity contribution is -0.126. The second-order valence-corrected chi connectivity index (χ2v) is 6.51. The van der Waals surface area contributed by atoms with Gasteiger partial charge in [0.25, 0.3) is 0 Å². The maximum absolute atomic E-state index is 11.4. The summed E-state index contributed by atoms with van der Waals surface area (Å²) < 4.78 is 11.3. The van der Waals surface area contributed by atoms with E-state index in [1.54, 1.807) is 7.11 Å². The molecule has 0 atom stereocenters. The Morgan fingerprint density at radius 3 is 2.38 bits per heavy atom. The van der Waals surface area contributed by atoms with Crippen molar-refractivity contribution in [2.24, 2.45) is 11.1 Å². The highest BCUT2D eigenvalue weighted by molar-refractivity contribution is 5.79. The topological polar surface area (TPSA) is 61.5 Å². The fraction of sp³-hybridized carbons (Fsp3) is 0.350. The molecular weight excluding hydrogens is 302 g/mol. The Morgan fingerprint density at radius 2 is 1.75 bits per heavy atom. The maximum Gasteiger partial charge on any atom is 0.223 e. The number of primary amides is 1. The van der Waals surface area contributed by atoms with Crippen LogP contribution in [-0.4, -0.2) is 13.0 Å². The summed E-state index contributed by atoms with van der Waals surface area (Å²) in [6.07, 6.45) is 1.45. The second kappa shape index (κ2) is 7.86. The van der Waals surface area contributed by atoms with Gasteiger partial charge in [-0.3, -0.25) is 4.79 Å². The second-order valence-electron chi connectivity index (χ2n) is 6.51. The van der Waals surface area contributed by atoms with Crippen LogP contribution in [0.5, 0.6) is 11.5 Å². The number of nitrogens with two attached hydrogens (primary N) is 1. The van der Waals surface area contributed by atoms with Gasteiger partial charge in [0.05, 0.1) is 7.11 Å². The van der Waals surface area contributed by atoms with Gasteiger partial charge in [-0.25, -0.2) is 0 Å². The van der Waals surface area contributed by atoms with E-state index in [1.807, 2.05) is 62.4 Å². The molecule has 128 valence electrons. The fourth-order valence-corrected chi connectivity index (χ4v) is 2.30. The summed E-state index contributed by atoms with van der Waals surface area (Å²) in [5.74, 6) is 1.12. The Bertz CT molecular complexity index is 681. The molecule has 0 saturated carbocycles. The van der Waals surface area contributed by atoms with Crippen LogP contribution >= 0.6 is 0 Å². The zero-order chi connectivity index (χ0) is 17.6. The van der Waals surface area contributed by atoms with E-state index in [4.69, 9.17) is 15.2 Å². The lowest BCUT2D eigenvalue weighted by Crippen LogP contribution is -2.31. The van der Waals surface area contributed by atoms with Crippen molar-refractivity contribution >= 4 is 5.91 Å². The first kappa shape index (κ1) is 17.9. The van der Waals surface area contributed by atoms with Gasteiger partial charge in [-0.05, 0) is 36.1 Å². The minimum Gasteiger partial charge on any atom is -0.493 e. The highest BCUT2D eigenvalue weighted by Crippen LogP contribution is 2.30. The molecule has 0 unspecified atom stereocenters. The van der Waals surface area contributed by atoms with E-state index in [0.717, 1.165) is 17.5 Å². The van der Waals surface area contributed by atoms with Crippen molar-refractivity contribution < 1.29 is 14.3 Å². The number of methoxy groups -OCH3 is 1. The van der Waals surface area contributed by atoms with Crippen LogP contribution in [-0.2, 0) is 17.8 Å². The molecule has 1 amide bonds. The summed E-state index contributed by atoms with van der Waals surface area (Å²) in [6.45, 7) is 4.22. The Labute approximate surface area is 143 Å². The molecule has 0 saturated heterocycles. The number of hydrogen-bond donors (Lipinski definition) is 1. The summed E-state index contributed by atoms with van der Waals surface area (Å²) >= 11 is 0. The number of amides is 1. The summed E-state index contributed by atoms with van der Waals surface area (Å²) in [6, 6.07) is 15.9. The fourth-order valence-electron chi connectivity index (χ4n) is 2.30. The molecule has 4 heteroatoms. The third-order valence-corrected chi connectivity index (χ3v) is 4.17. The van der Waals surface area contributed by atoms with Crippen molar-refractivity contribution in [2.45, 2.75) is 33.3 Å². The molecule has 2 N–H and O–H groups in total. The molecule has 0 heterocycles. The molecule has 2 aromatic carbocycles. The van der Waals surface area contributed by atoms with Crippen LogP contribution in [0.2, 0.25) is 0 Å². The van der Waals surface area contributed by atoms with Crippen molar-refractivity contribution in [2.75, 3.05) is 7.11 Å². The minimum atomic E-state index is -0.518. The van der Waals surface area contributed by atoms with Crippen molar-refractivity contribution in [3.05, 3.63) is 59.7 Å². The van der Waals surface area contributed by atoms with E-state index in [-0.39, 0.29) is 5.91 Å². The van der Waals surface area contributed by atoms with Gasteiger partial charge in [0.1, 0.15) is 6.61 Å². The molecular formula is C20H25NO3. The van der Waals surface area contributed by atoms with E-state index < -0.39 is 5.41 Å². The van der Waals surface area contributed by atoms with Crippen molar-refractivity contribution in [3.63, 3.8) is 0 Å². The van der Waals surface area contributed by atoms with Crippen LogP contribution in [0.4, 0.5) is 0 Å².